The van der Waals surface area contributed by atoms with Crippen molar-refractivity contribution in [1.82, 2.24) is 15.2 Å². The summed E-state index contributed by atoms with van der Waals surface area (Å²) in [5, 5.41) is 5.06. The summed E-state index contributed by atoms with van der Waals surface area (Å²) in [6, 6.07) is 10.8. The van der Waals surface area contributed by atoms with Crippen LogP contribution in [0.3, 0.4) is 0 Å². The second kappa shape index (κ2) is 10.7. The number of thiophene rings is 1. The minimum absolute atomic E-state index is 0.0175. The van der Waals surface area contributed by atoms with Gasteiger partial charge in [-0.15, -0.1) is 11.3 Å². The molecule has 1 unspecified atom stereocenters. The molecule has 0 saturated carbocycles. The molecule has 10 heteroatoms. The van der Waals surface area contributed by atoms with E-state index in [1.165, 1.54) is 36.5 Å². The average Bonchev–Trinajstić information content (AvgIpc) is 3.35. The van der Waals surface area contributed by atoms with E-state index >= 15 is 0 Å². The maximum Gasteiger partial charge on any atom is 0.413 e. The lowest BCUT2D eigenvalue weighted by Crippen LogP contribution is -2.43. The fourth-order valence-electron chi connectivity index (χ4n) is 4.18. The second-order valence-corrected chi connectivity index (χ2v) is 9.30. The van der Waals surface area contributed by atoms with Gasteiger partial charge >= 0.3 is 6.18 Å². The molecule has 3 aromatic rings. The Kier molecular flexibility index (Phi) is 7.61. The molecule has 0 aliphatic carbocycles. The van der Waals surface area contributed by atoms with Gasteiger partial charge in [0.05, 0.1) is 5.56 Å². The normalized spacial score (nSPS) is 16.0. The van der Waals surface area contributed by atoms with Crippen LogP contribution >= 0.6 is 11.3 Å². The molecule has 0 saturated heterocycles. The summed E-state index contributed by atoms with van der Waals surface area (Å²) < 4.78 is 49.2. The first kappa shape index (κ1) is 25.0. The van der Waals surface area contributed by atoms with Gasteiger partial charge in [-0.1, -0.05) is 18.2 Å². The zero-order valence-electron chi connectivity index (χ0n) is 19.5. The maximum atomic E-state index is 14.3. The largest absolute Gasteiger partial charge is 0.485 e. The van der Waals surface area contributed by atoms with E-state index in [0.717, 1.165) is 16.3 Å². The number of pyridine rings is 1. The molecular weight excluding hydrogens is 477 g/mol. The predicted molar refractivity (Wildman–Crippen MR) is 130 cm³/mol. The highest BCUT2D eigenvalue weighted by Gasteiger charge is 2.47. The number of fused-ring (bicyclic) bond motifs is 1. The van der Waals surface area contributed by atoms with E-state index in [2.05, 4.69) is 10.3 Å². The molecule has 35 heavy (non-hydrogen) atoms. The highest BCUT2D eigenvalue weighted by molar-refractivity contribution is 7.10. The Morgan fingerprint density at radius 2 is 1.91 bits per heavy atom. The molecule has 2 atom stereocenters. The molecule has 1 N–H and O–H groups in total. The monoisotopic (exact) mass is 504 g/mol. The molecule has 3 heterocycles. The number of rotatable bonds is 8. The van der Waals surface area contributed by atoms with E-state index in [0.29, 0.717) is 18.0 Å². The number of carbonyl (C=O) groups is 1. The Morgan fingerprint density at radius 3 is 2.57 bits per heavy atom. The SMILES string of the molecule is CNCCC(Oc1ccc([C@H](N2CCN(C)c3ncccc3C2=O)C(F)(F)F)cc1)c1cccs1. The molecule has 1 aliphatic rings. The standard InChI is InChI=1S/C25H27F3N4O2S/c1-29-13-11-20(21-6-4-16-35-21)34-18-9-7-17(8-10-18)22(25(26,27)28)32-15-14-31(2)23-19(24(32)33)5-3-12-30-23/h3-10,12,16,20,22,29H,11,13-15H2,1-2H3/t20?,22-/m0/s1. The number of amides is 1. The minimum Gasteiger partial charge on any atom is -0.485 e. The summed E-state index contributed by atoms with van der Waals surface area (Å²) >= 11 is 1.57. The van der Waals surface area contributed by atoms with Crippen molar-refractivity contribution >= 4 is 23.1 Å². The van der Waals surface area contributed by atoms with E-state index in [4.69, 9.17) is 4.74 Å². The van der Waals surface area contributed by atoms with Crippen molar-refractivity contribution < 1.29 is 22.7 Å². The molecule has 1 amide bonds. The molecular formula is C25H27F3N4O2S. The Morgan fingerprint density at radius 1 is 1.14 bits per heavy atom. The van der Waals surface area contributed by atoms with Crippen LogP contribution in [0.25, 0.3) is 0 Å². The van der Waals surface area contributed by atoms with Gasteiger partial charge in [-0.25, -0.2) is 4.98 Å². The fourth-order valence-corrected chi connectivity index (χ4v) is 4.97. The van der Waals surface area contributed by atoms with Crippen molar-refractivity contribution in [3.63, 3.8) is 0 Å². The lowest BCUT2D eigenvalue weighted by atomic mass is 10.0. The van der Waals surface area contributed by atoms with Crippen LogP contribution in [0.15, 0.2) is 60.1 Å². The van der Waals surface area contributed by atoms with Crippen molar-refractivity contribution in [2.75, 3.05) is 38.6 Å². The van der Waals surface area contributed by atoms with Crippen molar-refractivity contribution in [2.24, 2.45) is 0 Å². The zero-order chi connectivity index (χ0) is 25.0. The molecule has 0 spiro atoms. The molecule has 0 fully saturated rings. The summed E-state index contributed by atoms with van der Waals surface area (Å²) in [6.07, 6.45) is -2.63. The number of alkyl halides is 3. The van der Waals surface area contributed by atoms with Crippen LogP contribution in [0, 0.1) is 0 Å². The van der Waals surface area contributed by atoms with Crippen molar-refractivity contribution in [1.29, 1.82) is 0 Å². The molecule has 186 valence electrons. The Labute approximate surface area is 206 Å². The number of ether oxygens (including phenoxy) is 1. The van der Waals surface area contributed by atoms with Crippen molar-refractivity contribution in [2.45, 2.75) is 24.7 Å². The number of nitrogens with zero attached hydrogens (tertiary/aromatic N) is 3. The highest BCUT2D eigenvalue weighted by Crippen LogP contribution is 2.40. The number of benzene rings is 1. The Hall–Kier alpha value is -3.11. The minimum atomic E-state index is -4.66. The van der Waals surface area contributed by atoms with Crippen LogP contribution in [0.1, 0.15) is 39.4 Å². The number of nitrogens with one attached hydrogen (secondary N) is 1. The number of halogens is 3. The Balaban J connectivity index is 1.61. The van der Waals surface area contributed by atoms with E-state index in [-0.39, 0.29) is 30.3 Å². The summed E-state index contributed by atoms with van der Waals surface area (Å²) in [4.78, 5) is 21.1. The van der Waals surface area contributed by atoms with Crippen LogP contribution in [0.4, 0.5) is 19.0 Å². The van der Waals surface area contributed by atoms with E-state index in [9.17, 15) is 18.0 Å². The first-order valence-electron chi connectivity index (χ1n) is 11.3. The van der Waals surface area contributed by atoms with Crippen LogP contribution in [0.2, 0.25) is 0 Å². The number of anilines is 1. The number of likely N-dealkylation sites (N-methyl/N-ethyl adjacent to an activating group) is 1. The number of hydrogen-bond donors (Lipinski definition) is 1. The van der Waals surface area contributed by atoms with Gasteiger partial charge in [-0.3, -0.25) is 4.79 Å². The van der Waals surface area contributed by atoms with Gasteiger partial charge in [0.15, 0.2) is 6.04 Å². The molecule has 0 radical (unpaired) electrons. The first-order valence-corrected chi connectivity index (χ1v) is 12.2. The van der Waals surface area contributed by atoms with Crippen molar-refractivity contribution in [3.8, 4) is 5.75 Å². The van der Waals surface area contributed by atoms with Crippen LogP contribution in [0.5, 0.6) is 5.75 Å². The lowest BCUT2D eigenvalue weighted by Gasteiger charge is -2.33. The van der Waals surface area contributed by atoms with Crippen LogP contribution < -0.4 is 15.0 Å². The first-order chi connectivity index (χ1) is 16.8. The summed E-state index contributed by atoms with van der Waals surface area (Å²) in [5.74, 6) is 0.163. The van der Waals surface area contributed by atoms with Gasteiger partial charge in [0.25, 0.3) is 5.91 Å². The second-order valence-electron chi connectivity index (χ2n) is 8.32. The van der Waals surface area contributed by atoms with Crippen LogP contribution in [-0.4, -0.2) is 55.7 Å². The van der Waals surface area contributed by atoms with Gasteiger partial charge < -0.3 is 19.9 Å². The third-order valence-electron chi connectivity index (χ3n) is 5.93. The number of carbonyl (C=O) groups excluding carboxylic acids is 1. The van der Waals surface area contributed by atoms with Gasteiger partial charge in [0.1, 0.15) is 17.7 Å². The lowest BCUT2D eigenvalue weighted by molar-refractivity contribution is -0.179. The summed E-state index contributed by atoms with van der Waals surface area (Å²) in [5.41, 5.74) is 0.140. The van der Waals surface area contributed by atoms with Gasteiger partial charge in [0.2, 0.25) is 0 Å². The summed E-state index contributed by atoms with van der Waals surface area (Å²) in [7, 11) is 3.57. The third kappa shape index (κ3) is 5.59. The maximum absolute atomic E-state index is 14.3. The Bertz CT molecular complexity index is 1120. The topological polar surface area (TPSA) is 57.7 Å². The smallest absolute Gasteiger partial charge is 0.413 e. The third-order valence-corrected chi connectivity index (χ3v) is 6.89. The number of hydrogen-bond acceptors (Lipinski definition) is 6. The fraction of sp³-hybridized carbons (Fsp3) is 0.360. The zero-order valence-corrected chi connectivity index (χ0v) is 20.3. The molecule has 6 nitrogen and oxygen atoms in total. The molecule has 2 aromatic heterocycles. The van der Waals surface area contributed by atoms with Crippen LogP contribution in [-0.2, 0) is 0 Å². The van der Waals surface area contributed by atoms with Gasteiger partial charge in [0, 0.05) is 37.6 Å². The molecule has 1 aliphatic heterocycles. The van der Waals surface area contributed by atoms with Gasteiger partial charge in [-0.2, -0.15) is 13.2 Å². The molecule has 1 aromatic carbocycles. The molecule has 4 rings (SSSR count). The predicted octanol–water partition coefficient (Wildman–Crippen LogP) is 5.07. The average molecular weight is 505 g/mol. The number of aromatic nitrogens is 1. The van der Waals surface area contributed by atoms with E-state index in [1.54, 1.807) is 29.4 Å². The van der Waals surface area contributed by atoms with Crippen molar-refractivity contribution in [3.05, 3.63) is 76.1 Å². The summed E-state index contributed by atoms with van der Waals surface area (Å²) in [6.45, 7) is 0.884. The van der Waals surface area contributed by atoms with E-state index < -0.39 is 18.1 Å². The quantitative estimate of drug-likeness (QED) is 0.464. The molecule has 0 bridgehead atoms. The highest BCUT2D eigenvalue weighted by atomic mass is 32.1. The van der Waals surface area contributed by atoms with Gasteiger partial charge in [-0.05, 0) is 54.9 Å². The van der Waals surface area contributed by atoms with E-state index in [1.807, 2.05) is 24.6 Å².